The van der Waals surface area contributed by atoms with Crippen molar-refractivity contribution in [3.8, 4) is 0 Å². The molecule has 0 saturated carbocycles. The number of ether oxygens (including phenoxy) is 2. The Bertz CT molecular complexity index is 640. The van der Waals surface area contributed by atoms with Crippen molar-refractivity contribution in [3.05, 3.63) is 53.5 Å². The molecule has 0 aliphatic heterocycles. The van der Waals surface area contributed by atoms with Crippen LogP contribution in [0.3, 0.4) is 0 Å². The predicted molar refractivity (Wildman–Crippen MR) is 87.8 cm³/mol. The lowest BCUT2D eigenvalue weighted by atomic mass is 9.99. The average molecular weight is 335 g/mol. The maximum atomic E-state index is 13.2. The Labute approximate surface area is 141 Å². The van der Waals surface area contributed by atoms with Crippen LogP contribution in [0.5, 0.6) is 0 Å². The van der Waals surface area contributed by atoms with Gasteiger partial charge in [-0.2, -0.15) is 0 Å². The summed E-state index contributed by atoms with van der Waals surface area (Å²) in [6, 6.07) is 4.44. The van der Waals surface area contributed by atoms with Crippen LogP contribution in [0, 0.1) is 5.82 Å². The van der Waals surface area contributed by atoms with E-state index in [1.54, 1.807) is 27.7 Å². The van der Waals surface area contributed by atoms with E-state index in [0.29, 0.717) is 5.56 Å². The normalized spacial score (nSPS) is 11.9. The Morgan fingerprint density at radius 2 is 1.88 bits per heavy atom. The van der Waals surface area contributed by atoms with E-state index < -0.39 is 29.5 Å². The summed E-state index contributed by atoms with van der Waals surface area (Å²) in [7, 11) is 0. The Morgan fingerprint density at radius 3 is 2.33 bits per heavy atom. The van der Waals surface area contributed by atoms with Crippen LogP contribution in [-0.2, 0) is 14.3 Å². The number of carbonyl (C=O) groups excluding carboxylic acids is 2. The highest BCUT2D eigenvalue weighted by Crippen LogP contribution is 2.23. The first-order valence-corrected chi connectivity index (χ1v) is 7.50. The molecule has 24 heavy (non-hydrogen) atoms. The molecule has 5 nitrogen and oxygen atoms in total. The highest BCUT2D eigenvalue weighted by molar-refractivity contribution is 5.90. The summed E-state index contributed by atoms with van der Waals surface area (Å²) in [4.78, 5) is 24.2. The predicted octanol–water partition coefficient (Wildman–Crippen LogP) is 3.67. The summed E-state index contributed by atoms with van der Waals surface area (Å²) in [6.45, 7) is 10.5. The molecule has 0 radical (unpaired) electrons. The molecule has 0 heterocycles. The van der Waals surface area contributed by atoms with E-state index >= 15 is 0 Å². The van der Waals surface area contributed by atoms with Gasteiger partial charge in [0, 0.05) is 0 Å². The highest BCUT2D eigenvalue weighted by Gasteiger charge is 2.27. The zero-order chi connectivity index (χ0) is 18.3. The molecule has 0 spiro atoms. The van der Waals surface area contributed by atoms with Crippen molar-refractivity contribution in [3.63, 3.8) is 0 Å². The Balaban J connectivity index is 3.16. The van der Waals surface area contributed by atoms with E-state index in [1.807, 2.05) is 0 Å². The van der Waals surface area contributed by atoms with Crippen LogP contribution in [0.15, 0.2) is 42.1 Å². The summed E-state index contributed by atoms with van der Waals surface area (Å²) in [5.41, 5.74) is 2.27. The molecule has 0 aliphatic carbocycles. The smallest absolute Gasteiger partial charge is 0.408 e. The third-order valence-corrected chi connectivity index (χ3v) is 2.84. The van der Waals surface area contributed by atoms with Crippen LogP contribution in [0.2, 0.25) is 0 Å². The highest BCUT2D eigenvalue weighted by atomic mass is 19.1. The molecule has 0 aliphatic rings. The monoisotopic (exact) mass is 335 g/mol. The lowest BCUT2D eigenvalue weighted by Crippen LogP contribution is -2.37. The first-order valence-electron chi connectivity index (χ1n) is 7.50. The first-order chi connectivity index (χ1) is 11.2. The molecule has 1 unspecified atom stereocenters. The number of hydrogen-bond donors (Lipinski definition) is 1. The maximum Gasteiger partial charge on any atom is 0.408 e. The molecule has 0 fully saturated rings. The van der Waals surface area contributed by atoms with Gasteiger partial charge in [-0.3, -0.25) is 0 Å². The van der Waals surface area contributed by atoms with Crippen molar-refractivity contribution < 1.29 is 23.5 Å². The van der Waals surface area contributed by atoms with Crippen LogP contribution in [0.1, 0.15) is 39.3 Å². The largest absolute Gasteiger partial charge is 0.462 e. The maximum absolute atomic E-state index is 13.2. The van der Waals surface area contributed by atoms with Crippen LogP contribution in [0.25, 0.3) is 0 Å². The van der Waals surface area contributed by atoms with E-state index in [0.717, 1.165) is 0 Å². The second kappa shape index (κ2) is 8.31. The van der Waals surface area contributed by atoms with Crippen LogP contribution in [0.4, 0.5) is 9.18 Å². The van der Waals surface area contributed by atoms with Gasteiger partial charge in [0.05, 0.1) is 12.6 Å². The summed E-state index contributed by atoms with van der Waals surface area (Å²) in [6.07, 6.45) is -0.728. The number of hydrogen-bond acceptors (Lipinski definition) is 4. The molecule has 0 bridgehead atoms. The fourth-order valence-corrected chi connectivity index (χ4v) is 1.90. The summed E-state index contributed by atoms with van der Waals surface area (Å²) in [5.74, 6) is -1.10. The fraction of sp³-hybridized carbons (Fsp3) is 0.389. The molecule has 1 atom stereocenters. The first kappa shape index (κ1) is 19.5. The van der Waals surface area contributed by atoms with Crippen LogP contribution >= 0.6 is 0 Å². The Morgan fingerprint density at radius 1 is 1.29 bits per heavy atom. The number of nitrogens with one attached hydrogen (secondary N) is 1. The standard InChI is InChI=1S/C18H22FNO4/c1-6-14(16(21)23-7-2)15(12-8-10-13(19)11-9-12)20-17(22)24-18(3,4)5/h8-11,15H,1,7H2,2-5H3,(H,20,22). The van der Waals surface area contributed by atoms with Gasteiger partial charge in [0.2, 0.25) is 0 Å². The quantitative estimate of drug-likeness (QED) is 0.507. The third-order valence-electron chi connectivity index (χ3n) is 2.84. The van der Waals surface area contributed by atoms with Gasteiger partial charge in [-0.25, -0.2) is 14.0 Å². The second-order valence-electron chi connectivity index (χ2n) is 5.94. The summed E-state index contributed by atoms with van der Waals surface area (Å²) < 4.78 is 23.3. The molecule has 1 aromatic carbocycles. The number of esters is 1. The van der Waals surface area contributed by atoms with Crippen molar-refractivity contribution in [1.82, 2.24) is 5.32 Å². The minimum absolute atomic E-state index is 0.00863. The van der Waals surface area contributed by atoms with Crippen LogP contribution < -0.4 is 5.32 Å². The Hall–Kier alpha value is -2.59. The molecule has 0 aromatic heterocycles. The minimum Gasteiger partial charge on any atom is -0.462 e. The van der Waals surface area contributed by atoms with Gasteiger partial charge in [-0.1, -0.05) is 18.7 Å². The van der Waals surface area contributed by atoms with Crippen molar-refractivity contribution in [2.75, 3.05) is 6.61 Å². The van der Waals surface area contributed by atoms with Gasteiger partial charge in [0.1, 0.15) is 17.0 Å². The zero-order valence-corrected chi connectivity index (χ0v) is 14.3. The van der Waals surface area contributed by atoms with Crippen LogP contribution in [-0.4, -0.2) is 24.3 Å². The zero-order valence-electron chi connectivity index (χ0n) is 14.3. The van der Waals surface area contributed by atoms with E-state index in [1.165, 1.54) is 24.3 Å². The van der Waals surface area contributed by atoms with E-state index in [2.05, 4.69) is 17.6 Å². The van der Waals surface area contributed by atoms with E-state index in [4.69, 9.17) is 9.47 Å². The molecule has 1 amide bonds. The molecule has 130 valence electrons. The van der Waals surface area contributed by atoms with E-state index in [9.17, 15) is 14.0 Å². The molecule has 1 N–H and O–H groups in total. The Kier molecular flexibility index (Phi) is 6.74. The number of amides is 1. The molecule has 0 saturated heterocycles. The number of benzene rings is 1. The topological polar surface area (TPSA) is 64.6 Å². The summed E-state index contributed by atoms with van der Waals surface area (Å²) in [5, 5.41) is 2.58. The fourth-order valence-electron chi connectivity index (χ4n) is 1.90. The molecule has 1 rings (SSSR count). The van der Waals surface area contributed by atoms with Gasteiger partial charge in [0.25, 0.3) is 0 Å². The van der Waals surface area contributed by atoms with Crippen molar-refractivity contribution in [2.24, 2.45) is 0 Å². The van der Waals surface area contributed by atoms with Gasteiger partial charge in [-0.15, -0.1) is 5.73 Å². The van der Waals surface area contributed by atoms with Gasteiger partial charge in [-0.05, 0) is 45.4 Å². The van der Waals surface area contributed by atoms with E-state index in [-0.39, 0.29) is 12.2 Å². The molecule has 1 aromatic rings. The number of halogens is 1. The lowest BCUT2D eigenvalue weighted by Gasteiger charge is -2.24. The van der Waals surface area contributed by atoms with Gasteiger partial charge in [0.15, 0.2) is 0 Å². The molecule has 6 heteroatoms. The number of rotatable bonds is 5. The third kappa shape index (κ3) is 5.89. The summed E-state index contributed by atoms with van der Waals surface area (Å²) >= 11 is 0. The number of alkyl carbamates (subject to hydrolysis) is 1. The van der Waals surface area contributed by atoms with Crippen molar-refractivity contribution >= 4 is 12.1 Å². The SMILES string of the molecule is C=C=C(C(=O)OCC)C(NC(=O)OC(C)(C)C)c1ccc(F)cc1. The lowest BCUT2D eigenvalue weighted by molar-refractivity contribution is -0.138. The molecular weight excluding hydrogens is 313 g/mol. The molecular formula is C18H22FNO4. The van der Waals surface area contributed by atoms with Gasteiger partial charge >= 0.3 is 12.1 Å². The average Bonchev–Trinajstić information content (AvgIpc) is 2.46. The minimum atomic E-state index is -0.919. The number of carbonyl (C=O) groups is 2. The second-order valence-corrected chi connectivity index (χ2v) is 5.94. The van der Waals surface area contributed by atoms with Crippen molar-refractivity contribution in [1.29, 1.82) is 0 Å². The van der Waals surface area contributed by atoms with Gasteiger partial charge < -0.3 is 14.8 Å². The van der Waals surface area contributed by atoms with Crippen molar-refractivity contribution in [2.45, 2.75) is 39.3 Å².